The SMILES string of the molecule is CC(C)N1CCC2(CCCC2N)CC1. The highest BCUT2D eigenvalue weighted by atomic mass is 15.2. The largest absolute Gasteiger partial charge is 0.327 e. The van der Waals surface area contributed by atoms with Crippen LogP contribution in [0, 0.1) is 5.41 Å². The molecule has 82 valence electrons. The lowest BCUT2D eigenvalue weighted by molar-refractivity contribution is 0.0759. The van der Waals surface area contributed by atoms with Crippen LogP contribution in [0.2, 0.25) is 0 Å². The lowest BCUT2D eigenvalue weighted by Gasteiger charge is -2.43. The average Bonchev–Trinajstić information content (AvgIpc) is 2.49. The highest BCUT2D eigenvalue weighted by molar-refractivity contribution is 4.98. The predicted molar refractivity (Wildman–Crippen MR) is 60.2 cm³/mol. The second-order valence-corrected chi connectivity index (χ2v) is 5.49. The molecule has 1 spiro atoms. The third-order valence-electron chi connectivity index (χ3n) is 4.50. The van der Waals surface area contributed by atoms with Crippen LogP contribution in [-0.2, 0) is 0 Å². The molecule has 0 aromatic heterocycles. The molecular weight excluding hydrogens is 172 g/mol. The zero-order valence-electron chi connectivity index (χ0n) is 9.63. The van der Waals surface area contributed by atoms with Gasteiger partial charge in [0.1, 0.15) is 0 Å². The van der Waals surface area contributed by atoms with Crippen LogP contribution in [0.5, 0.6) is 0 Å². The van der Waals surface area contributed by atoms with E-state index < -0.39 is 0 Å². The van der Waals surface area contributed by atoms with Gasteiger partial charge in [-0.3, -0.25) is 0 Å². The molecule has 0 aromatic rings. The van der Waals surface area contributed by atoms with Gasteiger partial charge in [-0.05, 0) is 58.0 Å². The van der Waals surface area contributed by atoms with E-state index in [0.29, 0.717) is 17.5 Å². The van der Waals surface area contributed by atoms with E-state index in [-0.39, 0.29) is 0 Å². The molecule has 2 nitrogen and oxygen atoms in total. The lowest BCUT2D eigenvalue weighted by Crippen LogP contribution is -2.48. The van der Waals surface area contributed by atoms with E-state index in [9.17, 15) is 0 Å². The number of piperidine rings is 1. The Balaban J connectivity index is 1.94. The van der Waals surface area contributed by atoms with Crippen LogP contribution in [0.25, 0.3) is 0 Å². The van der Waals surface area contributed by atoms with Crippen molar-refractivity contribution in [3.8, 4) is 0 Å². The minimum absolute atomic E-state index is 0.497. The smallest absolute Gasteiger partial charge is 0.00965 e. The molecule has 0 aromatic carbocycles. The zero-order chi connectivity index (χ0) is 10.2. The summed E-state index contributed by atoms with van der Waals surface area (Å²) >= 11 is 0. The van der Waals surface area contributed by atoms with E-state index in [2.05, 4.69) is 18.7 Å². The molecule has 2 fully saturated rings. The molecule has 2 heteroatoms. The van der Waals surface area contributed by atoms with E-state index in [1.54, 1.807) is 0 Å². The number of nitrogens with two attached hydrogens (primary N) is 1. The number of likely N-dealkylation sites (tertiary alicyclic amines) is 1. The van der Waals surface area contributed by atoms with Gasteiger partial charge in [0.05, 0.1) is 0 Å². The van der Waals surface area contributed by atoms with Crippen LogP contribution < -0.4 is 5.73 Å². The molecule has 1 saturated heterocycles. The van der Waals surface area contributed by atoms with Crippen LogP contribution in [0.15, 0.2) is 0 Å². The lowest BCUT2D eigenvalue weighted by atomic mass is 9.74. The minimum atomic E-state index is 0.497. The van der Waals surface area contributed by atoms with Crippen LogP contribution in [-0.4, -0.2) is 30.1 Å². The fourth-order valence-electron chi connectivity index (χ4n) is 3.27. The highest BCUT2D eigenvalue weighted by Gasteiger charge is 2.42. The number of rotatable bonds is 1. The minimum Gasteiger partial charge on any atom is -0.327 e. The van der Waals surface area contributed by atoms with Gasteiger partial charge < -0.3 is 10.6 Å². The maximum Gasteiger partial charge on any atom is 0.00965 e. The maximum absolute atomic E-state index is 6.25. The molecule has 1 unspecified atom stereocenters. The predicted octanol–water partition coefficient (Wildman–Crippen LogP) is 1.99. The molecule has 2 N–H and O–H groups in total. The fraction of sp³-hybridized carbons (Fsp3) is 1.00. The summed E-state index contributed by atoms with van der Waals surface area (Å²) in [7, 11) is 0. The second-order valence-electron chi connectivity index (χ2n) is 5.49. The van der Waals surface area contributed by atoms with Crippen molar-refractivity contribution in [2.75, 3.05) is 13.1 Å². The molecule has 1 heterocycles. The van der Waals surface area contributed by atoms with Gasteiger partial charge in [-0.25, -0.2) is 0 Å². The van der Waals surface area contributed by atoms with E-state index in [1.165, 1.54) is 45.2 Å². The monoisotopic (exact) mass is 196 g/mol. The normalized spacial score (nSPS) is 33.0. The Morgan fingerprint density at radius 3 is 2.29 bits per heavy atom. The average molecular weight is 196 g/mol. The van der Waals surface area contributed by atoms with Crippen LogP contribution in [0.3, 0.4) is 0 Å². The Morgan fingerprint density at radius 1 is 1.21 bits per heavy atom. The van der Waals surface area contributed by atoms with Crippen LogP contribution in [0.1, 0.15) is 46.0 Å². The van der Waals surface area contributed by atoms with Gasteiger partial charge in [0.15, 0.2) is 0 Å². The summed E-state index contributed by atoms with van der Waals surface area (Å²) in [6.07, 6.45) is 6.70. The third kappa shape index (κ3) is 1.70. The Morgan fingerprint density at radius 2 is 1.86 bits per heavy atom. The van der Waals surface area contributed by atoms with Crippen molar-refractivity contribution in [2.24, 2.45) is 11.1 Å². The highest BCUT2D eigenvalue weighted by Crippen LogP contribution is 2.45. The first kappa shape index (κ1) is 10.4. The molecule has 1 atom stereocenters. The van der Waals surface area contributed by atoms with Gasteiger partial charge in [0.2, 0.25) is 0 Å². The van der Waals surface area contributed by atoms with Crippen molar-refractivity contribution < 1.29 is 0 Å². The quantitative estimate of drug-likeness (QED) is 0.695. The van der Waals surface area contributed by atoms with Gasteiger partial charge in [-0.15, -0.1) is 0 Å². The van der Waals surface area contributed by atoms with E-state index >= 15 is 0 Å². The molecule has 14 heavy (non-hydrogen) atoms. The molecule has 0 bridgehead atoms. The van der Waals surface area contributed by atoms with Gasteiger partial charge >= 0.3 is 0 Å². The third-order valence-corrected chi connectivity index (χ3v) is 4.50. The van der Waals surface area contributed by atoms with Crippen molar-refractivity contribution in [2.45, 2.75) is 58.0 Å². The maximum atomic E-state index is 6.25. The zero-order valence-corrected chi connectivity index (χ0v) is 9.63. The molecule has 1 aliphatic heterocycles. The number of nitrogens with zero attached hydrogens (tertiary/aromatic N) is 1. The molecule has 2 rings (SSSR count). The van der Waals surface area contributed by atoms with Crippen molar-refractivity contribution in [3.05, 3.63) is 0 Å². The van der Waals surface area contributed by atoms with Gasteiger partial charge in [-0.2, -0.15) is 0 Å². The summed E-state index contributed by atoms with van der Waals surface area (Å²) in [5.41, 5.74) is 6.78. The summed E-state index contributed by atoms with van der Waals surface area (Å²) in [6.45, 7) is 7.13. The summed E-state index contributed by atoms with van der Waals surface area (Å²) in [4.78, 5) is 2.59. The summed E-state index contributed by atoms with van der Waals surface area (Å²) in [5, 5.41) is 0. The number of hydrogen-bond donors (Lipinski definition) is 1. The topological polar surface area (TPSA) is 29.3 Å². The van der Waals surface area contributed by atoms with E-state index in [1.807, 2.05) is 0 Å². The molecule has 2 aliphatic rings. The molecule has 1 saturated carbocycles. The van der Waals surface area contributed by atoms with Crippen molar-refractivity contribution >= 4 is 0 Å². The van der Waals surface area contributed by atoms with Crippen LogP contribution in [0.4, 0.5) is 0 Å². The first-order valence-electron chi connectivity index (χ1n) is 6.14. The summed E-state index contributed by atoms with van der Waals surface area (Å²) < 4.78 is 0. The fourth-order valence-corrected chi connectivity index (χ4v) is 3.27. The Labute approximate surface area is 87.8 Å². The second kappa shape index (κ2) is 3.82. The van der Waals surface area contributed by atoms with Crippen molar-refractivity contribution in [1.82, 2.24) is 4.90 Å². The van der Waals surface area contributed by atoms with Crippen molar-refractivity contribution in [3.63, 3.8) is 0 Å². The molecule has 0 amide bonds. The molecule has 0 radical (unpaired) electrons. The van der Waals surface area contributed by atoms with Gasteiger partial charge in [-0.1, -0.05) is 6.42 Å². The summed E-state index contributed by atoms with van der Waals surface area (Å²) in [6, 6.07) is 1.21. The first-order valence-corrected chi connectivity index (χ1v) is 6.14. The van der Waals surface area contributed by atoms with Crippen molar-refractivity contribution in [1.29, 1.82) is 0 Å². The van der Waals surface area contributed by atoms with E-state index in [4.69, 9.17) is 5.73 Å². The molecular formula is C12H24N2. The van der Waals surface area contributed by atoms with E-state index in [0.717, 1.165) is 0 Å². The molecule has 1 aliphatic carbocycles. The number of hydrogen-bond acceptors (Lipinski definition) is 2. The van der Waals surface area contributed by atoms with Gasteiger partial charge in [0, 0.05) is 12.1 Å². The first-order chi connectivity index (χ1) is 6.64. The Kier molecular flexibility index (Phi) is 2.85. The summed E-state index contributed by atoms with van der Waals surface area (Å²) in [5.74, 6) is 0. The Hall–Kier alpha value is -0.0800. The van der Waals surface area contributed by atoms with Crippen LogP contribution >= 0.6 is 0 Å². The van der Waals surface area contributed by atoms with Gasteiger partial charge in [0.25, 0.3) is 0 Å². The standard InChI is InChI=1S/C12H24N2/c1-10(2)14-8-6-12(7-9-14)5-3-4-11(12)13/h10-11H,3-9,13H2,1-2H3. The Bertz CT molecular complexity index is 192.